The van der Waals surface area contributed by atoms with Gasteiger partial charge in [0.2, 0.25) is 0 Å². The Morgan fingerprint density at radius 3 is 2.71 bits per heavy atom. The van der Waals surface area contributed by atoms with Crippen LogP contribution < -0.4 is 0 Å². The fraction of sp³-hybridized carbons (Fsp3) is 0.333. The van der Waals surface area contributed by atoms with Crippen molar-refractivity contribution in [2.45, 2.75) is 19.3 Å². The van der Waals surface area contributed by atoms with E-state index in [1.807, 2.05) is 22.7 Å². The van der Waals surface area contributed by atoms with E-state index < -0.39 is 0 Å². The number of hydrogen-bond acceptors (Lipinski definition) is 4. The van der Waals surface area contributed by atoms with Gasteiger partial charge in [-0.15, -0.1) is 0 Å². The quantitative estimate of drug-likeness (QED) is 0.699. The van der Waals surface area contributed by atoms with Crippen LogP contribution in [0.2, 0.25) is 0 Å². The predicted octanol–water partition coefficient (Wildman–Crippen LogP) is 3.11. The van der Waals surface area contributed by atoms with Crippen LogP contribution in [0, 0.1) is 11.7 Å². The van der Waals surface area contributed by atoms with E-state index >= 15 is 0 Å². The highest BCUT2D eigenvalue weighted by Gasteiger charge is 2.24. The Balaban J connectivity index is 1.37. The molecule has 0 N–H and O–H groups in total. The van der Waals surface area contributed by atoms with E-state index in [-0.39, 0.29) is 11.7 Å². The van der Waals surface area contributed by atoms with Crippen LogP contribution in [0.4, 0.5) is 4.39 Å². The lowest BCUT2D eigenvalue weighted by Gasteiger charge is -2.32. The van der Waals surface area contributed by atoms with Gasteiger partial charge in [0.25, 0.3) is 5.91 Å². The van der Waals surface area contributed by atoms with Crippen LogP contribution in [0.15, 0.2) is 49.2 Å². The van der Waals surface area contributed by atoms with Crippen molar-refractivity contribution in [1.29, 1.82) is 0 Å². The molecule has 0 bridgehead atoms. The van der Waals surface area contributed by atoms with E-state index in [9.17, 15) is 9.18 Å². The Morgan fingerprint density at radius 1 is 1.18 bits per heavy atom. The number of piperidine rings is 1. The molecule has 0 atom stereocenters. The molecule has 1 saturated heterocycles. The van der Waals surface area contributed by atoms with Crippen LogP contribution in [-0.2, 0) is 13.5 Å². The van der Waals surface area contributed by atoms with E-state index in [4.69, 9.17) is 4.98 Å². The molecule has 7 heteroatoms. The largest absolute Gasteiger partial charge is 0.339 e. The monoisotopic (exact) mass is 379 g/mol. The van der Waals surface area contributed by atoms with Gasteiger partial charge in [-0.25, -0.2) is 14.4 Å². The van der Waals surface area contributed by atoms with Crippen LogP contribution >= 0.6 is 0 Å². The van der Waals surface area contributed by atoms with E-state index in [1.165, 1.54) is 12.1 Å². The van der Waals surface area contributed by atoms with E-state index in [2.05, 4.69) is 9.97 Å². The van der Waals surface area contributed by atoms with Crippen LogP contribution in [0.1, 0.15) is 28.9 Å². The van der Waals surface area contributed by atoms with Crippen molar-refractivity contribution in [3.63, 3.8) is 0 Å². The molecule has 144 valence electrons. The highest BCUT2D eigenvalue weighted by Crippen LogP contribution is 2.23. The molecule has 3 aromatic rings. The van der Waals surface area contributed by atoms with Gasteiger partial charge in [-0.05, 0) is 43.4 Å². The topological polar surface area (TPSA) is 63.9 Å². The highest BCUT2D eigenvalue weighted by atomic mass is 19.1. The molecule has 2 aromatic heterocycles. The van der Waals surface area contributed by atoms with Crippen LogP contribution in [0.5, 0.6) is 0 Å². The first-order valence-corrected chi connectivity index (χ1v) is 9.42. The summed E-state index contributed by atoms with van der Waals surface area (Å²) in [5, 5.41) is 0. The maximum absolute atomic E-state index is 13.4. The van der Waals surface area contributed by atoms with Crippen molar-refractivity contribution >= 4 is 5.91 Å². The molecule has 0 radical (unpaired) electrons. The third-order valence-corrected chi connectivity index (χ3v) is 5.23. The smallest absolute Gasteiger partial charge is 0.253 e. The lowest BCUT2D eigenvalue weighted by Crippen LogP contribution is -2.39. The molecule has 0 spiro atoms. The number of rotatable bonds is 4. The first-order chi connectivity index (χ1) is 13.6. The molecule has 0 unspecified atom stereocenters. The molecule has 4 rings (SSSR count). The zero-order chi connectivity index (χ0) is 19.5. The van der Waals surface area contributed by atoms with Gasteiger partial charge in [-0.3, -0.25) is 9.78 Å². The van der Waals surface area contributed by atoms with E-state index in [0.717, 1.165) is 36.3 Å². The molecule has 0 saturated carbocycles. The molecule has 1 fully saturated rings. The summed E-state index contributed by atoms with van der Waals surface area (Å²) in [7, 11) is 1.93. The second kappa shape index (κ2) is 7.88. The fourth-order valence-electron chi connectivity index (χ4n) is 3.67. The minimum atomic E-state index is -0.382. The molecule has 1 aliphatic heterocycles. The SMILES string of the molecule is Cn1cncc1-c1cncc(CC2CCN(C(=O)c3cccc(F)c3)CC2)n1. The standard InChI is InChI=1S/C21H22FN5O/c1-26-14-24-13-20(26)19-12-23-11-18(25-19)9-15-5-7-27(8-6-15)21(28)16-3-2-4-17(22)10-16/h2-4,10-15H,5-9H2,1H3. The van der Waals surface area contributed by atoms with Gasteiger partial charge in [-0.1, -0.05) is 6.07 Å². The number of hydrogen-bond donors (Lipinski definition) is 0. The minimum Gasteiger partial charge on any atom is -0.339 e. The van der Waals surface area contributed by atoms with Crippen molar-refractivity contribution in [1.82, 2.24) is 24.4 Å². The van der Waals surface area contributed by atoms with Crippen molar-refractivity contribution in [3.05, 3.63) is 66.3 Å². The van der Waals surface area contributed by atoms with Gasteiger partial charge >= 0.3 is 0 Å². The second-order valence-corrected chi connectivity index (χ2v) is 7.24. The Morgan fingerprint density at radius 2 is 2.00 bits per heavy atom. The van der Waals surface area contributed by atoms with Crippen molar-refractivity contribution < 1.29 is 9.18 Å². The second-order valence-electron chi connectivity index (χ2n) is 7.24. The molecule has 6 nitrogen and oxygen atoms in total. The number of halogens is 1. The Hall–Kier alpha value is -3.09. The fourth-order valence-corrected chi connectivity index (χ4v) is 3.67. The maximum Gasteiger partial charge on any atom is 0.253 e. The third kappa shape index (κ3) is 3.93. The van der Waals surface area contributed by atoms with Crippen molar-refractivity contribution in [2.24, 2.45) is 13.0 Å². The number of imidazole rings is 1. The number of carbonyl (C=O) groups excluding carboxylic acids is 1. The average molecular weight is 379 g/mol. The normalized spacial score (nSPS) is 15.0. The lowest BCUT2D eigenvalue weighted by atomic mass is 9.92. The Bertz CT molecular complexity index is 978. The highest BCUT2D eigenvalue weighted by molar-refractivity contribution is 5.94. The lowest BCUT2D eigenvalue weighted by molar-refractivity contribution is 0.0689. The van der Waals surface area contributed by atoms with Gasteiger partial charge in [0.05, 0.1) is 30.1 Å². The van der Waals surface area contributed by atoms with Gasteiger partial charge in [0.1, 0.15) is 11.5 Å². The average Bonchev–Trinajstić information content (AvgIpc) is 3.14. The summed E-state index contributed by atoms with van der Waals surface area (Å²) in [5.74, 6) is -0.0313. The van der Waals surface area contributed by atoms with Gasteiger partial charge in [0, 0.05) is 31.9 Å². The summed E-state index contributed by atoms with van der Waals surface area (Å²) in [6, 6.07) is 5.89. The number of aryl methyl sites for hydroxylation is 1. The number of carbonyl (C=O) groups is 1. The summed E-state index contributed by atoms with van der Waals surface area (Å²) in [6.07, 6.45) is 9.72. The van der Waals surface area contributed by atoms with Crippen molar-refractivity contribution in [3.8, 4) is 11.4 Å². The molecular weight excluding hydrogens is 357 g/mol. The molecule has 1 amide bonds. The van der Waals surface area contributed by atoms with Gasteiger partial charge in [-0.2, -0.15) is 0 Å². The Kier molecular flexibility index (Phi) is 5.14. The summed E-state index contributed by atoms with van der Waals surface area (Å²) >= 11 is 0. The first-order valence-electron chi connectivity index (χ1n) is 9.42. The number of benzene rings is 1. The summed E-state index contributed by atoms with van der Waals surface area (Å²) < 4.78 is 15.3. The van der Waals surface area contributed by atoms with Gasteiger partial charge in [0.15, 0.2) is 0 Å². The van der Waals surface area contributed by atoms with Gasteiger partial charge < -0.3 is 9.47 Å². The van der Waals surface area contributed by atoms with Crippen LogP contribution in [0.25, 0.3) is 11.4 Å². The first kappa shape index (κ1) is 18.3. The zero-order valence-electron chi connectivity index (χ0n) is 15.8. The number of nitrogens with zero attached hydrogens (tertiary/aromatic N) is 5. The minimum absolute atomic E-state index is 0.101. The third-order valence-electron chi connectivity index (χ3n) is 5.23. The Labute approximate surface area is 163 Å². The molecule has 1 aliphatic rings. The number of amides is 1. The molecular formula is C21H22FN5O. The summed E-state index contributed by atoms with van der Waals surface area (Å²) in [6.45, 7) is 1.35. The molecule has 3 heterocycles. The molecule has 1 aromatic carbocycles. The van der Waals surface area contributed by atoms with Crippen LogP contribution in [0.3, 0.4) is 0 Å². The zero-order valence-corrected chi connectivity index (χ0v) is 15.8. The molecule has 28 heavy (non-hydrogen) atoms. The molecule has 0 aliphatic carbocycles. The van der Waals surface area contributed by atoms with E-state index in [0.29, 0.717) is 24.6 Å². The van der Waals surface area contributed by atoms with E-state index in [1.54, 1.807) is 30.9 Å². The van der Waals surface area contributed by atoms with Crippen LogP contribution in [-0.4, -0.2) is 43.4 Å². The summed E-state index contributed by atoms with van der Waals surface area (Å²) in [4.78, 5) is 27.6. The number of aromatic nitrogens is 4. The summed E-state index contributed by atoms with van der Waals surface area (Å²) in [5.41, 5.74) is 3.11. The maximum atomic E-state index is 13.4. The van der Waals surface area contributed by atoms with Crippen molar-refractivity contribution in [2.75, 3.05) is 13.1 Å². The number of likely N-dealkylation sites (tertiary alicyclic amines) is 1. The predicted molar refractivity (Wildman–Crippen MR) is 103 cm³/mol.